The average molecular weight is 611 g/mol. The maximum atomic E-state index is 9.91. The Labute approximate surface area is 277 Å². The van der Waals surface area contributed by atoms with Gasteiger partial charge in [0, 0.05) is 38.5 Å². The van der Waals surface area contributed by atoms with Crippen LogP contribution in [-0.4, -0.2) is 9.13 Å². The standard InChI is InChI=1S/C44H26N4/c1-46-39-24-20-29(26-31(39)28-45)35-23-22-34(43-37-17-9-11-19-41(37)48(44(35)43)33-14-6-3-7-15-33)30-21-25-42-38(27-30)36-16-8-10-18-40(36)47(42)32-12-4-2-5-13-32/h2-27H. The molecule has 4 heteroatoms. The fourth-order valence-corrected chi connectivity index (χ4v) is 7.30. The number of nitrogens with zero attached hydrogens (tertiary/aromatic N) is 4. The first-order chi connectivity index (χ1) is 23.7. The Balaban J connectivity index is 1.39. The molecule has 0 amide bonds. The van der Waals surface area contributed by atoms with E-state index in [1.807, 2.05) is 18.2 Å². The second-order valence-electron chi connectivity index (χ2n) is 11.9. The Hall–Kier alpha value is -6.88. The van der Waals surface area contributed by atoms with Crippen molar-refractivity contribution in [1.29, 1.82) is 5.26 Å². The largest absolute Gasteiger partial charge is 0.309 e. The maximum absolute atomic E-state index is 9.91. The fourth-order valence-electron chi connectivity index (χ4n) is 7.30. The lowest BCUT2D eigenvalue weighted by Crippen LogP contribution is -1.96. The normalized spacial score (nSPS) is 11.3. The van der Waals surface area contributed by atoms with Crippen LogP contribution in [0.15, 0.2) is 158 Å². The van der Waals surface area contributed by atoms with Gasteiger partial charge in [0.1, 0.15) is 0 Å². The minimum atomic E-state index is 0.362. The minimum absolute atomic E-state index is 0.362. The third-order valence-electron chi connectivity index (χ3n) is 9.38. The minimum Gasteiger partial charge on any atom is -0.309 e. The van der Waals surface area contributed by atoms with Crippen LogP contribution in [-0.2, 0) is 0 Å². The van der Waals surface area contributed by atoms with Gasteiger partial charge >= 0.3 is 0 Å². The number of para-hydroxylation sites is 4. The smallest absolute Gasteiger partial charge is 0.204 e. The van der Waals surface area contributed by atoms with Gasteiger partial charge < -0.3 is 9.13 Å². The summed E-state index contributed by atoms with van der Waals surface area (Å²) in [5.41, 5.74) is 11.6. The van der Waals surface area contributed by atoms with E-state index in [4.69, 9.17) is 6.57 Å². The molecule has 48 heavy (non-hydrogen) atoms. The topological polar surface area (TPSA) is 38.0 Å². The monoisotopic (exact) mass is 610 g/mol. The first-order valence-corrected chi connectivity index (χ1v) is 15.9. The summed E-state index contributed by atoms with van der Waals surface area (Å²) in [5.74, 6) is 0. The number of aromatic nitrogens is 2. The second kappa shape index (κ2) is 10.9. The summed E-state index contributed by atoms with van der Waals surface area (Å²) in [6, 6.07) is 57.1. The van der Waals surface area contributed by atoms with Gasteiger partial charge in [-0.1, -0.05) is 103 Å². The average Bonchev–Trinajstić information content (AvgIpc) is 3.68. The lowest BCUT2D eigenvalue weighted by atomic mass is 9.93. The van der Waals surface area contributed by atoms with Crippen molar-refractivity contribution in [3.05, 3.63) is 175 Å². The van der Waals surface area contributed by atoms with Crippen LogP contribution in [0.25, 0.3) is 82.1 Å². The summed E-state index contributed by atoms with van der Waals surface area (Å²) in [6.07, 6.45) is 0. The van der Waals surface area contributed by atoms with Gasteiger partial charge in [0.15, 0.2) is 0 Å². The van der Waals surface area contributed by atoms with Crippen molar-refractivity contribution in [2.45, 2.75) is 0 Å². The molecule has 9 aromatic rings. The molecule has 0 fully saturated rings. The molecule has 0 radical (unpaired) electrons. The van der Waals surface area contributed by atoms with E-state index < -0.39 is 0 Å². The van der Waals surface area contributed by atoms with E-state index in [-0.39, 0.29) is 0 Å². The van der Waals surface area contributed by atoms with Crippen molar-refractivity contribution >= 4 is 49.3 Å². The Kier molecular flexibility index (Phi) is 6.22. The van der Waals surface area contributed by atoms with Crippen molar-refractivity contribution in [3.63, 3.8) is 0 Å². The molecule has 0 N–H and O–H groups in total. The summed E-state index contributed by atoms with van der Waals surface area (Å²) >= 11 is 0. The van der Waals surface area contributed by atoms with E-state index >= 15 is 0 Å². The molecular weight excluding hydrogens is 585 g/mol. The first-order valence-electron chi connectivity index (χ1n) is 15.9. The maximum Gasteiger partial charge on any atom is 0.204 e. The lowest BCUT2D eigenvalue weighted by molar-refractivity contribution is 1.18. The Bertz CT molecular complexity index is 2790. The van der Waals surface area contributed by atoms with Crippen molar-refractivity contribution < 1.29 is 0 Å². The molecular formula is C44H26N4. The van der Waals surface area contributed by atoms with Gasteiger partial charge in [0.25, 0.3) is 0 Å². The van der Waals surface area contributed by atoms with E-state index in [0.29, 0.717) is 11.3 Å². The zero-order chi connectivity index (χ0) is 32.2. The van der Waals surface area contributed by atoms with Gasteiger partial charge in [-0.3, -0.25) is 0 Å². The van der Waals surface area contributed by atoms with Gasteiger partial charge in [-0.25, -0.2) is 4.85 Å². The van der Waals surface area contributed by atoms with Crippen molar-refractivity contribution in [2.75, 3.05) is 0 Å². The second-order valence-corrected chi connectivity index (χ2v) is 11.9. The number of nitriles is 1. The molecule has 0 aliphatic carbocycles. The molecule has 0 aliphatic heterocycles. The Morgan fingerprint density at radius 2 is 1.06 bits per heavy atom. The highest BCUT2D eigenvalue weighted by molar-refractivity contribution is 6.20. The quantitative estimate of drug-likeness (QED) is 0.183. The summed E-state index contributed by atoms with van der Waals surface area (Å²) in [5, 5.41) is 14.6. The van der Waals surface area contributed by atoms with E-state index in [1.165, 1.54) is 16.3 Å². The molecule has 0 bridgehead atoms. The molecule has 222 valence electrons. The van der Waals surface area contributed by atoms with E-state index in [9.17, 15) is 5.26 Å². The van der Waals surface area contributed by atoms with Crippen LogP contribution in [0.2, 0.25) is 0 Å². The Morgan fingerprint density at radius 3 is 1.77 bits per heavy atom. The Morgan fingerprint density at radius 1 is 0.500 bits per heavy atom. The van der Waals surface area contributed by atoms with Crippen molar-refractivity contribution in [3.8, 4) is 39.7 Å². The molecule has 2 aromatic heterocycles. The van der Waals surface area contributed by atoms with Crippen molar-refractivity contribution in [1.82, 2.24) is 9.13 Å². The SMILES string of the molecule is [C-]#[N+]c1ccc(-c2ccc(-c3ccc4c(c3)c3ccccc3n4-c3ccccc3)c3c4ccccc4n(-c4ccccc4)c23)cc1C#N. The van der Waals surface area contributed by atoms with Crippen LogP contribution in [0.1, 0.15) is 5.56 Å². The molecule has 0 unspecified atom stereocenters. The third kappa shape index (κ3) is 4.07. The van der Waals surface area contributed by atoms with Crippen LogP contribution < -0.4 is 0 Å². The highest BCUT2D eigenvalue weighted by atomic mass is 15.0. The van der Waals surface area contributed by atoms with Gasteiger partial charge in [-0.05, 0) is 71.3 Å². The molecule has 0 spiro atoms. The number of fused-ring (bicyclic) bond motifs is 6. The van der Waals surface area contributed by atoms with Crippen LogP contribution in [0, 0.1) is 17.9 Å². The van der Waals surface area contributed by atoms with Crippen LogP contribution >= 0.6 is 0 Å². The summed E-state index contributed by atoms with van der Waals surface area (Å²) in [7, 11) is 0. The number of hydrogen-bond donors (Lipinski definition) is 0. The zero-order valence-electron chi connectivity index (χ0n) is 25.8. The molecule has 0 saturated heterocycles. The number of rotatable bonds is 4. The predicted molar refractivity (Wildman–Crippen MR) is 197 cm³/mol. The highest BCUT2D eigenvalue weighted by Crippen LogP contribution is 2.45. The third-order valence-corrected chi connectivity index (χ3v) is 9.38. The van der Waals surface area contributed by atoms with Crippen molar-refractivity contribution in [2.24, 2.45) is 0 Å². The summed E-state index contributed by atoms with van der Waals surface area (Å²) in [4.78, 5) is 3.58. The molecule has 0 saturated carbocycles. The number of benzene rings is 7. The molecule has 0 atom stereocenters. The number of hydrogen-bond acceptors (Lipinski definition) is 1. The fraction of sp³-hybridized carbons (Fsp3) is 0. The van der Waals surface area contributed by atoms with Crippen LogP contribution in [0.5, 0.6) is 0 Å². The van der Waals surface area contributed by atoms with Crippen LogP contribution in [0.3, 0.4) is 0 Å². The van der Waals surface area contributed by atoms with Gasteiger partial charge in [0.2, 0.25) is 5.69 Å². The predicted octanol–water partition coefficient (Wildman–Crippen LogP) is 11.6. The molecule has 0 aliphatic rings. The molecule has 2 heterocycles. The van der Waals surface area contributed by atoms with Gasteiger partial charge in [0.05, 0.1) is 40.3 Å². The summed E-state index contributed by atoms with van der Waals surface area (Å²) < 4.78 is 4.67. The summed E-state index contributed by atoms with van der Waals surface area (Å²) in [6.45, 7) is 7.56. The van der Waals surface area contributed by atoms with Gasteiger partial charge in [-0.15, -0.1) is 0 Å². The lowest BCUT2D eigenvalue weighted by Gasteiger charge is -2.14. The molecule has 4 nitrogen and oxygen atoms in total. The van der Waals surface area contributed by atoms with Gasteiger partial charge in [-0.2, -0.15) is 5.26 Å². The van der Waals surface area contributed by atoms with Crippen LogP contribution in [0.4, 0.5) is 5.69 Å². The van der Waals surface area contributed by atoms with E-state index in [0.717, 1.165) is 61.0 Å². The zero-order valence-corrected chi connectivity index (χ0v) is 25.8. The van der Waals surface area contributed by atoms with E-state index in [2.05, 4.69) is 154 Å². The molecule has 9 rings (SSSR count). The highest BCUT2D eigenvalue weighted by Gasteiger charge is 2.21. The van der Waals surface area contributed by atoms with E-state index in [1.54, 1.807) is 6.07 Å². The first kappa shape index (κ1) is 27.4. The molecule has 7 aromatic carbocycles.